The lowest BCUT2D eigenvalue weighted by atomic mass is 10.3. The molecule has 16 heavy (non-hydrogen) atoms. The summed E-state index contributed by atoms with van der Waals surface area (Å²) in [7, 11) is 0. The van der Waals surface area contributed by atoms with E-state index in [2.05, 4.69) is 22.5 Å². The fourth-order valence-electron chi connectivity index (χ4n) is 2.29. The Bertz CT molecular complexity index is 240. The minimum absolute atomic E-state index is 0.0103. The van der Waals surface area contributed by atoms with Gasteiger partial charge in [0.05, 0.1) is 0 Å². The van der Waals surface area contributed by atoms with Gasteiger partial charge in [0.1, 0.15) is 0 Å². The van der Waals surface area contributed by atoms with Crippen molar-refractivity contribution in [3.63, 3.8) is 0 Å². The van der Waals surface area contributed by atoms with Gasteiger partial charge in [-0.1, -0.05) is 13.3 Å². The molecule has 1 saturated heterocycles. The molecule has 4 heteroatoms. The summed E-state index contributed by atoms with van der Waals surface area (Å²) < 4.78 is 0. The normalized spacial score (nSPS) is 25.7. The quantitative estimate of drug-likeness (QED) is 0.693. The Morgan fingerprint density at radius 2 is 2.19 bits per heavy atom. The number of rotatable bonds is 5. The highest BCUT2D eigenvalue weighted by Gasteiger charge is 2.34. The number of likely N-dealkylation sites (tertiary alicyclic amines) is 1. The molecule has 1 heterocycles. The monoisotopic (exact) mass is 225 g/mol. The number of nitrogens with zero attached hydrogens (tertiary/aromatic N) is 1. The minimum atomic E-state index is 0.0103. The van der Waals surface area contributed by atoms with Crippen molar-refractivity contribution in [1.82, 2.24) is 15.5 Å². The second kappa shape index (κ2) is 5.53. The van der Waals surface area contributed by atoms with E-state index in [1.807, 2.05) is 0 Å². The van der Waals surface area contributed by atoms with Crippen LogP contribution in [0.2, 0.25) is 0 Å². The molecule has 4 nitrogen and oxygen atoms in total. The van der Waals surface area contributed by atoms with Gasteiger partial charge < -0.3 is 10.6 Å². The third-order valence-electron chi connectivity index (χ3n) is 3.43. The molecule has 0 aromatic carbocycles. The topological polar surface area (TPSA) is 44.4 Å². The van der Waals surface area contributed by atoms with E-state index in [0.717, 1.165) is 44.9 Å². The van der Waals surface area contributed by atoms with Gasteiger partial charge >= 0.3 is 6.03 Å². The molecule has 92 valence electrons. The molecule has 0 aromatic heterocycles. The van der Waals surface area contributed by atoms with Crippen molar-refractivity contribution in [3.05, 3.63) is 0 Å². The van der Waals surface area contributed by atoms with E-state index in [0.29, 0.717) is 6.04 Å². The van der Waals surface area contributed by atoms with Crippen LogP contribution in [0, 0.1) is 0 Å². The molecule has 2 amide bonds. The standard InChI is InChI=1S/C12H23N3O/c1-2-3-7-13-12(16)14-10-6-8-15(9-10)11-4-5-11/h10-11H,2-9H2,1H3,(H2,13,14,16). The predicted octanol–water partition coefficient (Wildman–Crippen LogP) is 1.32. The van der Waals surface area contributed by atoms with Crippen LogP contribution in [0.25, 0.3) is 0 Å². The number of hydrogen-bond acceptors (Lipinski definition) is 2. The molecule has 0 bridgehead atoms. The van der Waals surface area contributed by atoms with Crippen molar-refractivity contribution < 1.29 is 4.79 Å². The number of urea groups is 1. The number of amides is 2. The van der Waals surface area contributed by atoms with Crippen LogP contribution in [0.1, 0.15) is 39.0 Å². The van der Waals surface area contributed by atoms with E-state index in [1.165, 1.54) is 12.8 Å². The van der Waals surface area contributed by atoms with E-state index >= 15 is 0 Å². The zero-order chi connectivity index (χ0) is 11.4. The van der Waals surface area contributed by atoms with Gasteiger partial charge in [-0.2, -0.15) is 0 Å². The van der Waals surface area contributed by atoms with Gasteiger partial charge in [0, 0.05) is 31.7 Å². The average molecular weight is 225 g/mol. The molecule has 1 aliphatic carbocycles. The van der Waals surface area contributed by atoms with Gasteiger partial charge in [-0.15, -0.1) is 0 Å². The number of unbranched alkanes of at least 4 members (excludes halogenated alkanes) is 1. The number of nitrogens with one attached hydrogen (secondary N) is 2. The van der Waals surface area contributed by atoms with Gasteiger partial charge in [0.2, 0.25) is 0 Å². The molecule has 2 fully saturated rings. The predicted molar refractivity (Wildman–Crippen MR) is 64.4 cm³/mol. The maximum Gasteiger partial charge on any atom is 0.315 e. The van der Waals surface area contributed by atoms with E-state index in [9.17, 15) is 4.79 Å². The fraction of sp³-hybridized carbons (Fsp3) is 0.917. The van der Waals surface area contributed by atoms with Crippen LogP contribution in [0.5, 0.6) is 0 Å². The number of carbonyl (C=O) groups is 1. The van der Waals surface area contributed by atoms with Gasteiger partial charge in [-0.3, -0.25) is 4.90 Å². The summed E-state index contributed by atoms with van der Waals surface area (Å²) in [6.07, 6.45) is 6.01. The summed E-state index contributed by atoms with van der Waals surface area (Å²) >= 11 is 0. The highest BCUT2D eigenvalue weighted by Crippen LogP contribution is 2.29. The third-order valence-corrected chi connectivity index (χ3v) is 3.43. The Balaban J connectivity index is 1.60. The van der Waals surface area contributed by atoms with Crippen LogP contribution < -0.4 is 10.6 Å². The molecule has 0 radical (unpaired) electrons. The van der Waals surface area contributed by atoms with Crippen LogP contribution >= 0.6 is 0 Å². The van der Waals surface area contributed by atoms with Crippen LogP contribution in [0.15, 0.2) is 0 Å². The SMILES string of the molecule is CCCCNC(=O)NC1CCN(C2CC2)C1. The lowest BCUT2D eigenvalue weighted by Gasteiger charge is -2.16. The smallest absolute Gasteiger partial charge is 0.315 e. The zero-order valence-corrected chi connectivity index (χ0v) is 10.2. The second-order valence-electron chi connectivity index (χ2n) is 4.97. The molecular weight excluding hydrogens is 202 g/mol. The summed E-state index contributed by atoms with van der Waals surface area (Å²) in [5, 5.41) is 5.96. The Hall–Kier alpha value is -0.770. The number of hydrogen-bond donors (Lipinski definition) is 2. The molecule has 2 aliphatic rings. The molecule has 1 aliphatic heterocycles. The van der Waals surface area contributed by atoms with Crippen molar-refractivity contribution in [3.8, 4) is 0 Å². The molecule has 1 unspecified atom stereocenters. The van der Waals surface area contributed by atoms with Crippen molar-refractivity contribution in [2.75, 3.05) is 19.6 Å². The zero-order valence-electron chi connectivity index (χ0n) is 10.2. The van der Waals surface area contributed by atoms with Gasteiger partial charge in [-0.05, 0) is 25.7 Å². The number of carbonyl (C=O) groups excluding carboxylic acids is 1. The maximum absolute atomic E-state index is 11.5. The highest BCUT2D eigenvalue weighted by molar-refractivity contribution is 5.74. The first-order valence-electron chi connectivity index (χ1n) is 6.58. The van der Waals surface area contributed by atoms with Crippen molar-refractivity contribution in [1.29, 1.82) is 0 Å². The first kappa shape index (κ1) is 11.7. The Morgan fingerprint density at radius 3 is 2.88 bits per heavy atom. The van der Waals surface area contributed by atoms with E-state index < -0.39 is 0 Å². The molecule has 0 spiro atoms. The van der Waals surface area contributed by atoms with Crippen LogP contribution in [-0.4, -0.2) is 42.6 Å². The fourth-order valence-corrected chi connectivity index (χ4v) is 2.29. The highest BCUT2D eigenvalue weighted by atomic mass is 16.2. The van der Waals surface area contributed by atoms with Crippen molar-refractivity contribution in [2.45, 2.75) is 51.1 Å². The minimum Gasteiger partial charge on any atom is -0.338 e. The van der Waals surface area contributed by atoms with E-state index in [-0.39, 0.29) is 6.03 Å². The Labute approximate surface area is 97.8 Å². The Morgan fingerprint density at radius 1 is 1.38 bits per heavy atom. The Kier molecular flexibility index (Phi) is 4.04. The summed E-state index contributed by atoms with van der Waals surface area (Å²) in [5.41, 5.74) is 0. The van der Waals surface area contributed by atoms with Crippen LogP contribution in [0.4, 0.5) is 4.79 Å². The molecule has 1 saturated carbocycles. The lowest BCUT2D eigenvalue weighted by molar-refractivity contribution is 0.236. The summed E-state index contributed by atoms with van der Waals surface area (Å²) in [6, 6.07) is 1.20. The molecule has 1 atom stereocenters. The van der Waals surface area contributed by atoms with E-state index in [4.69, 9.17) is 0 Å². The molecule has 2 N–H and O–H groups in total. The largest absolute Gasteiger partial charge is 0.338 e. The van der Waals surface area contributed by atoms with E-state index in [1.54, 1.807) is 0 Å². The summed E-state index contributed by atoms with van der Waals surface area (Å²) in [4.78, 5) is 14.0. The average Bonchev–Trinajstić information content (AvgIpc) is 3.01. The third kappa shape index (κ3) is 3.37. The lowest BCUT2D eigenvalue weighted by Crippen LogP contribution is -2.43. The second-order valence-corrected chi connectivity index (χ2v) is 4.97. The van der Waals surface area contributed by atoms with Crippen molar-refractivity contribution >= 4 is 6.03 Å². The first-order valence-corrected chi connectivity index (χ1v) is 6.58. The van der Waals surface area contributed by atoms with Gasteiger partial charge in [-0.25, -0.2) is 4.79 Å². The maximum atomic E-state index is 11.5. The molecule has 2 rings (SSSR count). The van der Waals surface area contributed by atoms with Crippen LogP contribution in [-0.2, 0) is 0 Å². The van der Waals surface area contributed by atoms with Crippen molar-refractivity contribution in [2.24, 2.45) is 0 Å². The molecule has 0 aromatic rings. The van der Waals surface area contributed by atoms with Gasteiger partial charge in [0.25, 0.3) is 0 Å². The first-order chi connectivity index (χ1) is 7.79. The summed E-state index contributed by atoms with van der Waals surface area (Å²) in [5.74, 6) is 0. The van der Waals surface area contributed by atoms with Crippen LogP contribution in [0.3, 0.4) is 0 Å². The molecular formula is C12H23N3O. The summed E-state index contributed by atoms with van der Waals surface area (Å²) in [6.45, 7) is 5.13. The van der Waals surface area contributed by atoms with Gasteiger partial charge in [0.15, 0.2) is 0 Å².